The predicted molar refractivity (Wildman–Crippen MR) is 83.1 cm³/mol. The summed E-state index contributed by atoms with van der Waals surface area (Å²) in [5, 5.41) is 5.80. The van der Waals surface area contributed by atoms with Crippen LogP contribution >= 0.6 is 28.3 Å². The summed E-state index contributed by atoms with van der Waals surface area (Å²) in [5.74, 6) is 0.892. The summed E-state index contributed by atoms with van der Waals surface area (Å²) >= 11 is 3.38. The molecule has 0 fully saturated rings. The summed E-state index contributed by atoms with van der Waals surface area (Å²) in [7, 11) is 1.86. The molecule has 0 saturated carbocycles. The molecule has 1 aromatic carbocycles. The molecule has 0 heterocycles. The fourth-order valence-electron chi connectivity index (χ4n) is 1.39. The third-order valence-electron chi connectivity index (χ3n) is 2.31. The molecular formula is C13H20BrClN2O2. The zero-order chi connectivity index (χ0) is 13.2. The Labute approximate surface area is 128 Å². The minimum atomic E-state index is 0. The number of nitrogens with one attached hydrogen (secondary N) is 2. The number of halogens is 2. The second kappa shape index (κ2) is 11.1. The van der Waals surface area contributed by atoms with Gasteiger partial charge in [-0.15, -0.1) is 12.4 Å². The van der Waals surface area contributed by atoms with E-state index in [1.165, 1.54) is 0 Å². The molecule has 108 valence electrons. The van der Waals surface area contributed by atoms with Gasteiger partial charge in [-0.2, -0.15) is 0 Å². The molecule has 0 aromatic heterocycles. The summed E-state index contributed by atoms with van der Waals surface area (Å²) in [6, 6.07) is 7.68. The summed E-state index contributed by atoms with van der Waals surface area (Å²) in [5.41, 5.74) is 0. The number of carbonyl (C=O) groups is 1. The van der Waals surface area contributed by atoms with Crippen LogP contribution in [-0.2, 0) is 4.79 Å². The van der Waals surface area contributed by atoms with Crippen molar-refractivity contribution in [3.63, 3.8) is 0 Å². The number of carbonyl (C=O) groups excluding carboxylic acids is 1. The molecule has 1 rings (SSSR count). The van der Waals surface area contributed by atoms with Crippen LogP contribution in [0.5, 0.6) is 5.75 Å². The van der Waals surface area contributed by atoms with Crippen molar-refractivity contribution in [3.8, 4) is 5.75 Å². The number of rotatable bonds is 8. The van der Waals surface area contributed by atoms with Gasteiger partial charge in [0.2, 0.25) is 5.91 Å². The highest BCUT2D eigenvalue weighted by molar-refractivity contribution is 9.10. The Kier molecular flexibility index (Phi) is 10.6. The van der Waals surface area contributed by atoms with Crippen LogP contribution < -0.4 is 15.4 Å². The normalized spacial score (nSPS) is 9.58. The van der Waals surface area contributed by atoms with Crippen molar-refractivity contribution in [3.05, 3.63) is 28.7 Å². The fourth-order valence-corrected chi connectivity index (χ4v) is 1.77. The van der Waals surface area contributed by atoms with E-state index in [1.807, 2.05) is 31.3 Å². The van der Waals surface area contributed by atoms with Crippen molar-refractivity contribution in [2.24, 2.45) is 0 Å². The Morgan fingerprint density at radius 1 is 1.37 bits per heavy atom. The van der Waals surface area contributed by atoms with Crippen LogP contribution in [0.3, 0.4) is 0 Å². The zero-order valence-corrected chi connectivity index (χ0v) is 13.4. The van der Waals surface area contributed by atoms with Crippen LogP contribution in [-0.4, -0.2) is 32.7 Å². The van der Waals surface area contributed by atoms with Gasteiger partial charge in [-0.25, -0.2) is 0 Å². The number of likely N-dealkylation sites (N-methyl/N-ethyl adjacent to an activating group) is 1. The second-order valence-corrected chi connectivity index (χ2v) is 4.78. The number of benzene rings is 1. The Hall–Kier alpha value is -0.780. The molecule has 0 aliphatic carbocycles. The first-order valence-electron chi connectivity index (χ1n) is 6.02. The highest BCUT2D eigenvalue weighted by Gasteiger charge is 2.00. The Morgan fingerprint density at radius 3 is 2.84 bits per heavy atom. The molecule has 1 amide bonds. The third kappa shape index (κ3) is 8.86. The summed E-state index contributed by atoms with van der Waals surface area (Å²) in [6.07, 6.45) is 1.22. The van der Waals surface area contributed by atoms with E-state index in [9.17, 15) is 4.79 Å². The summed E-state index contributed by atoms with van der Waals surface area (Å²) < 4.78 is 6.53. The highest BCUT2D eigenvalue weighted by atomic mass is 79.9. The van der Waals surface area contributed by atoms with E-state index in [0.717, 1.165) is 23.2 Å². The first-order valence-corrected chi connectivity index (χ1v) is 6.81. The lowest BCUT2D eigenvalue weighted by Crippen LogP contribution is -2.30. The van der Waals surface area contributed by atoms with Gasteiger partial charge in [-0.3, -0.25) is 4.79 Å². The van der Waals surface area contributed by atoms with Crippen LogP contribution in [0.25, 0.3) is 0 Å². The monoisotopic (exact) mass is 350 g/mol. The Balaban J connectivity index is 0.00000324. The minimum Gasteiger partial charge on any atom is -0.494 e. The number of amides is 1. The van der Waals surface area contributed by atoms with Crippen LogP contribution in [0.15, 0.2) is 28.7 Å². The molecule has 0 radical (unpaired) electrons. The highest BCUT2D eigenvalue weighted by Crippen LogP contribution is 2.17. The van der Waals surface area contributed by atoms with E-state index in [1.54, 1.807) is 0 Å². The molecule has 0 aliphatic rings. The SMILES string of the molecule is CNCCNC(=O)CCCOc1cccc(Br)c1.Cl. The lowest BCUT2D eigenvalue weighted by molar-refractivity contribution is -0.121. The van der Waals surface area contributed by atoms with E-state index in [-0.39, 0.29) is 18.3 Å². The maximum absolute atomic E-state index is 11.4. The first-order chi connectivity index (χ1) is 8.72. The van der Waals surface area contributed by atoms with Crippen molar-refractivity contribution in [2.45, 2.75) is 12.8 Å². The van der Waals surface area contributed by atoms with Crippen LogP contribution in [0.2, 0.25) is 0 Å². The van der Waals surface area contributed by atoms with Gasteiger partial charge < -0.3 is 15.4 Å². The van der Waals surface area contributed by atoms with Crippen molar-refractivity contribution in [1.29, 1.82) is 0 Å². The molecule has 0 unspecified atom stereocenters. The molecular weight excluding hydrogens is 332 g/mol. The van der Waals surface area contributed by atoms with Gasteiger partial charge in [0.1, 0.15) is 5.75 Å². The molecule has 0 aliphatic heterocycles. The third-order valence-corrected chi connectivity index (χ3v) is 2.80. The molecule has 19 heavy (non-hydrogen) atoms. The molecule has 0 spiro atoms. The van der Waals surface area contributed by atoms with E-state index < -0.39 is 0 Å². The van der Waals surface area contributed by atoms with E-state index in [0.29, 0.717) is 19.6 Å². The van der Waals surface area contributed by atoms with Gasteiger partial charge in [0.05, 0.1) is 6.61 Å². The fraction of sp³-hybridized carbons (Fsp3) is 0.462. The molecule has 0 saturated heterocycles. The predicted octanol–water partition coefficient (Wildman–Crippen LogP) is 2.37. The maximum Gasteiger partial charge on any atom is 0.220 e. The Morgan fingerprint density at radius 2 is 2.16 bits per heavy atom. The van der Waals surface area contributed by atoms with Crippen LogP contribution in [0.1, 0.15) is 12.8 Å². The van der Waals surface area contributed by atoms with E-state index in [2.05, 4.69) is 26.6 Å². The molecule has 6 heteroatoms. The first kappa shape index (κ1) is 18.2. The van der Waals surface area contributed by atoms with Gasteiger partial charge in [-0.05, 0) is 31.7 Å². The summed E-state index contributed by atoms with van der Waals surface area (Å²) in [6.45, 7) is 2.01. The number of hydrogen-bond acceptors (Lipinski definition) is 3. The molecule has 2 N–H and O–H groups in total. The zero-order valence-electron chi connectivity index (χ0n) is 10.9. The number of hydrogen-bond donors (Lipinski definition) is 2. The van der Waals surface area contributed by atoms with Gasteiger partial charge in [-0.1, -0.05) is 22.0 Å². The lowest BCUT2D eigenvalue weighted by Gasteiger charge is -2.07. The standard InChI is InChI=1S/C13H19BrN2O2.ClH/c1-15-7-8-16-13(17)6-3-9-18-12-5-2-4-11(14)10-12;/h2,4-5,10,15H,3,6-9H2,1H3,(H,16,17);1H. The molecule has 0 atom stereocenters. The molecule has 1 aromatic rings. The largest absolute Gasteiger partial charge is 0.494 e. The summed E-state index contributed by atoms with van der Waals surface area (Å²) in [4.78, 5) is 11.4. The van der Waals surface area contributed by atoms with Gasteiger partial charge in [0.25, 0.3) is 0 Å². The lowest BCUT2D eigenvalue weighted by atomic mass is 10.3. The van der Waals surface area contributed by atoms with Gasteiger partial charge in [0.15, 0.2) is 0 Å². The van der Waals surface area contributed by atoms with Crippen molar-refractivity contribution in [2.75, 3.05) is 26.7 Å². The van der Waals surface area contributed by atoms with Gasteiger partial charge >= 0.3 is 0 Å². The molecule has 4 nitrogen and oxygen atoms in total. The number of ether oxygens (including phenoxy) is 1. The second-order valence-electron chi connectivity index (χ2n) is 3.86. The minimum absolute atomic E-state index is 0. The average molecular weight is 352 g/mol. The average Bonchev–Trinajstić information content (AvgIpc) is 2.35. The topological polar surface area (TPSA) is 50.4 Å². The van der Waals surface area contributed by atoms with E-state index in [4.69, 9.17) is 4.74 Å². The van der Waals surface area contributed by atoms with Crippen molar-refractivity contribution < 1.29 is 9.53 Å². The smallest absolute Gasteiger partial charge is 0.220 e. The van der Waals surface area contributed by atoms with Gasteiger partial charge in [0, 0.05) is 24.0 Å². The van der Waals surface area contributed by atoms with Crippen LogP contribution in [0, 0.1) is 0 Å². The van der Waals surface area contributed by atoms with E-state index >= 15 is 0 Å². The van der Waals surface area contributed by atoms with Crippen molar-refractivity contribution >= 4 is 34.2 Å². The Bertz CT molecular complexity index is 377. The molecule has 0 bridgehead atoms. The maximum atomic E-state index is 11.4. The van der Waals surface area contributed by atoms with Crippen molar-refractivity contribution in [1.82, 2.24) is 10.6 Å². The van der Waals surface area contributed by atoms with Crippen LogP contribution in [0.4, 0.5) is 0 Å². The quantitative estimate of drug-likeness (QED) is 0.707.